The summed E-state index contributed by atoms with van der Waals surface area (Å²) in [7, 11) is 1.54. The van der Waals surface area contributed by atoms with Crippen LogP contribution >= 0.6 is 11.6 Å². The van der Waals surface area contributed by atoms with E-state index in [1.54, 1.807) is 13.2 Å². The molecule has 1 nitrogen and oxygen atoms in total. The van der Waals surface area contributed by atoms with Gasteiger partial charge in [-0.2, -0.15) is 0 Å². The van der Waals surface area contributed by atoms with Crippen LogP contribution in [0.15, 0.2) is 35.6 Å². The van der Waals surface area contributed by atoms with Crippen molar-refractivity contribution >= 4 is 11.6 Å². The molecule has 0 aromatic carbocycles. The van der Waals surface area contributed by atoms with Crippen LogP contribution in [-0.2, 0) is 4.74 Å². The molecule has 0 N–H and O–H groups in total. The molecule has 0 rings (SSSR count). The zero-order chi connectivity index (χ0) is 11.6. The van der Waals surface area contributed by atoms with Gasteiger partial charge in [0.15, 0.2) is 0 Å². The largest absolute Gasteiger partial charge is 0.496 e. The monoisotopic (exact) mass is 216 g/mol. The number of rotatable bonds is 5. The topological polar surface area (TPSA) is 9.23 Å². The Balaban J connectivity index is 0. The second kappa shape index (κ2) is 10.4. The predicted molar refractivity (Wildman–Crippen MR) is 65.5 cm³/mol. The van der Waals surface area contributed by atoms with E-state index in [1.807, 2.05) is 13.8 Å². The summed E-state index contributed by atoms with van der Waals surface area (Å²) in [4.78, 5) is 0. The summed E-state index contributed by atoms with van der Waals surface area (Å²) in [5.74, 6) is 0.480. The van der Waals surface area contributed by atoms with Gasteiger partial charge in [0.1, 0.15) is 5.76 Å². The van der Waals surface area contributed by atoms with Crippen molar-refractivity contribution < 1.29 is 4.74 Å². The van der Waals surface area contributed by atoms with Gasteiger partial charge in [-0.1, -0.05) is 57.5 Å². The van der Waals surface area contributed by atoms with Gasteiger partial charge in [-0.25, -0.2) is 0 Å². The standard InChI is InChI=1S/C10H15ClO.C2H6/c1-5-6-8(2)7-10(11)9(3)12-4;1-2/h7H,2-3,5-6H2,1,4H3;1-2H3/b10-7+;. The Hall–Kier alpha value is -0.690. The minimum Gasteiger partial charge on any atom is -0.496 e. The lowest BCUT2D eigenvalue weighted by Crippen LogP contribution is -1.85. The summed E-state index contributed by atoms with van der Waals surface area (Å²) in [6.45, 7) is 13.6. The number of allylic oxidation sites excluding steroid dienone is 3. The minimum atomic E-state index is 0.480. The lowest BCUT2D eigenvalue weighted by Gasteiger charge is -2.02. The molecule has 0 aliphatic rings. The maximum atomic E-state index is 5.84. The molecule has 0 bridgehead atoms. The molecule has 0 fully saturated rings. The van der Waals surface area contributed by atoms with Gasteiger partial charge < -0.3 is 4.74 Å². The van der Waals surface area contributed by atoms with E-state index in [2.05, 4.69) is 20.1 Å². The van der Waals surface area contributed by atoms with E-state index < -0.39 is 0 Å². The molecule has 14 heavy (non-hydrogen) atoms. The molecule has 0 aliphatic carbocycles. The molecule has 0 aromatic heterocycles. The van der Waals surface area contributed by atoms with Crippen molar-refractivity contribution in [2.24, 2.45) is 0 Å². The summed E-state index contributed by atoms with van der Waals surface area (Å²) in [6, 6.07) is 0. The van der Waals surface area contributed by atoms with Gasteiger partial charge in [0.25, 0.3) is 0 Å². The number of ether oxygens (including phenoxy) is 1. The van der Waals surface area contributed by atoms with Crippen molar-refractivity contribution in [1.29, 1.82) is 0 Å². The van der Waals surface area contributed by atoms with Crippen LogP contribution in [0.5, 0.6) is 0 Å². The van der Waals surface area contributed by atoms with Crippen molar-refractivity contribution in [1.82, 2.24) is 0 Å². The fraction of sp³-hybridized carbons (Fsp3) is 0.500. The van der Waals surface area contributed by atoms with Crippen molar-refractivity contribution in [2.45, 2.75) is 33.6 Å². The van der Waals surface area contributed by atoms with Gasteiger partial charge in [-0.05, 0) is 12.5 Å². The molecule has 82 valence electrons. The lowest BCUT2D eigenvalue weighted by atomic mass is 10.1. The molecule has 0 atom stereocenters. The van der Waals surface area contributed by atoms with E-state index in [1.165, 1.54) is 0 Å². The summed E-state index contributed by atoms with van der Waals surface area (Å²) in [6.07, 6.45) is 3.81. The SMILES string of the molecule is C=C(/C=C(/Cl)C(=C)OC)CCC.CC. The lowest BCUT2D eigenvalue weighted by molar-refractivity contribution is 0.306. The van der Waals surface area contributed by atoms with Crippen LogP contribution < -0.4 is 0 Å². The predicted octanol–water partition coefficient (Wildman–Crippen LogP) is 4.65. The Morgan fingerprint density at radius 3 is 2.21 bits per heavy atom. The first kappa shape index (κ1) is 15.8. The maximum absolute atomic E-state index is 5.84. The molecule has 0 aromatic rings. The molecule has 0 saturated carbocycles. The molecule has 0 heterocycles. The third kappa shape index (κ3) is 7.93. The summed E-state index contributed by atoms with van der Waals surface area (Å²) < 4.78 is 4.86. The van der Waals surface area contributed by atoms with Crippen LogP contribution in [0.1, 0.15) is 33.6 Å². The summed E-state index contributed by atoms with van der Waals surface area (Å²) in [5, 5.41) is 0.524. The fourth-order valence-corrected chi connectivity index (χ4v) is 0.982. The third-order valence-corrected chi connectivity index (χ3v) is 1.73. The van der Waals surface area contributed by atoms with Crippen LogP contribution in [0.2, 0.25) is 0 Å². The Labute approximate surface area is 93.1 Å². The van der Waals surface area contributed by atoms with Crippen LogP contribution in [0.4, 0.5) is 0 Å². The Morgan fingerprint density at radius 2 is 1.86 bits per heavy atom. The zero-order valence-electron chi connectivity index (χ0n) is 9.69. The normalized spacial score (nSPS) is 9.93. The Morgan fingerprint density at radius 1 is 1.36 bits per heavy atom. The quantitative estimate of drug-likeness (QED) is 0.480. The van der Waals surface area contributed by atoms with Crippen LogP contribution in [0.3, 0.4) is 0 Å². The molecular formula is C12H21ClO. The van der Waals surface area contributed by atoms with Gasteiger partial charge >= 0.3 is 0 Å². The summed E-state index contributed by atoms with van der Waals surface area (Å²) >= 11 is 5.84. The first-order valence-electron chi connectivity index (χ1n) is 4.90. The molecule has 0 spiro atoms. The zero-order valence-corrected chi connectivity index (χ0v) is 10.4. The average molecular weight is 217 g/mol. The highest BCUT2D eigenvalue weighted by atomic mass is 35.5. The van der Waals surface area contributed by atoms with Crippen molar-refractivity contribution in [2.75, 3.05) is 7.11 Å². The Bertz CT molecular complexity index is 204. The molecular weight excluding hydrogens is 196 g/mol. The van der Waals surface area contributed by atoms with Gasteiger partial charge in [-0.15, -0.1) is 0 Å². The first-order valence-corrected chi connectivity index (χ1v) is 5.27. The first-order chi connectivity index (χ1) is 6.61. The van der Waals surface area contributed by atoms with Crippen molar-refractivity contribution in [3.63, 3.8) is 0 Å². The van der Waals surface area contributed by atoms with Crippen LogP contribution in [0.25, 0.3) is 0 Å². The Kier molecular flexibility index (Phi) is 11.7. The maximum Gasteiger partial charge on any atom is 0.130 e. The molecule has 0 amide bonds. The third-order valence-electron chi connectivity index (χ3n) is 1.41. The molecule has 0 aliphatic heterocycles. The van der Waals surface area contributed by atoms with E-state index in [9.17, 15) is 0 Å². The highest BCUT2D eigenvalue weighted by Crippen LogP contribution is 2.17. The number of halogens is 1. The summed E-state index contributed by atoms with van der Waals surface area (Å²) in [5.41, 5.74) is 1.00. The number of hydrogen-bond acceptors (Lipinski definition) is 1. The smallest absolute Gasteiger partial charge is 0.130 e. The van der Waals surface area contributed by atoms with E-state index in [0.29, 0.717) is 10.8 Å². The minimum absolute atomic E-state index is 0.480. The van der Waals surface area contributed by atoms with E-state index in [0.717, 1.165) is 18.4 Å². The van der Waals surface area contributed by atoms with E-state index in [-0.39, 0.29) is 0 Å². The van der Waals surface area contributed by atoms with Crippen molar-refractivity contribution in [3.8, 4) is 0 Å². The van der Waals surface area contributed by atoms with Gasteiger partial charge in [0.2, 0.25) is 0 Å². The molecule has 2 heteroatoms. The van der Waals surface area contributed by atoms with Gasteiger partial charge in [0.05, 0.1) is 12.1 Å². The van der Waals surface area contributed by atoms with E-state index in [4.69, 9.17) is 16.3 Å². The van der Waals surface area contributed by atoms with Crippen LogP contribution in [-0.4, -0.2) is 7.11 Å². The molecule has 0 saturated heterocycles. The van der Waals surface area contributed by atoms with Gasteiger partial charge in [0, 0.05) is 0 Å². The highest BCUT2D eigenvalue weighted by molar-refractivity contribution is 6.31. The highest BCUT2D eigenvalue weighted by Gasteiger charge is 1.98. The van der Waals surface area contributed by atoms with E-state index >= 15 is 0 Å². The van der Waals surface area contributed by atoms with Crippen LogP contribution in [0, 0.1) is 0 Å². The fourth-order valence-electron chi connectivity index (χ4n) is 0.750. The van der Waals surface area contributed by atoms with Gasteiger partial charge in [-0.3, -0.25) is 0 Å². The molecule has 0 radical (unpaired) electrons. The second-order valence-electron chi connectivity index (χ2n) is 2.53. The average Bonchev–Trinajstić information content (AvgIpc) is 2.19. The number of hydrogen-bond donors (Lipinski definition) is 0. The number of methoxy groups -OCH3 is 1. The van der Waals surface area contributed by atoms with Crippen molar-refractivity contribution in [3.05, 3.63) is 35.6 Å². The second-order valence-corrected chi connectivity index (χ2v) is 2.94. The molecule has 0 unspecified atom stereocenters.